The molecular formula is C8H10ClNO2S. The van der Waals surface area contributed by atoms with Crippen LogP contribution in [-0.4, -0.2) is 14.2 Å². The minimum absolute atomic E-state index is 0.0253. The van der Waals surface area contributed by atoms with Crippen molar-refractivity contribution < 1.29 is 8.42 Å². The van der Waals surface area contributed by atoms with E-state index in [4.69, 9.17) is 17.3 Å². The third-order valence-electron chi connectivity index (χ3n) is 1.73. The van der Waals surface area contributed by atoms with Gasteiger partial charge in [-0.2, -0.15) is 0 Å². The summed E-state index contributed by atoms with van der Waals surface area (Å²) in [5.41, 5.74) is 5.66. The predicted molar refractivity (Wildman–Crippen MR) is 53.6 cm³/mol. The number of rotatable bonds is 2. The summed E-state index contributed by atoms with van der Waals surface area (Å²) in [7, 11) is -3.26. The summed E-state index contributed by atoms with van der Waals surface area (Å²) in [5, 5.41) is 0.273. The Hall–Kier alpha value is -0.740. The molecule has 1 aromatic rings. The number of hydrogen-bond donors (Lipinski definition) is 1. The number of nitrogen functional groups attached to an aromatic ring is 1. The first-order valence-corrected chi connectivity index (χ1v) is 5.79. The summed E-state index contributed by atoms with van der Waals surface area (Å²) in [6, 6.07) is 4.59. The number of hydrogen-bond acceptors (Lipinski definition) is 3. The molecule has 13 heavy (non-hydrogen) atoms. The number of para-hydroxylation sites is 1. The van der Waals surface area contributed by atoms with E-state index < -0.39 is 9.84 Å². The van der Waals surface area contributed by atoms with E-state index in [1.165, 1.54) is 6.07 Å². The Morgan fingerprint density at radius 1 is 1.46 bits per heavy atom. The number of halogens is 1. The van der Waals surface area contributed by atoms with E-state index in [1.54, 1.807) is 19.1 Å². The lowest BCUT2D eigenvalue weighted by molar-refractivity contribution is 0.597. The Morgan fingerprint density at radius 3 is 2.62 bits per heavy atom. The van der Waals surface area contributed by atoms with Crippen LogP contribution in [0.2, 0.25) is 5.02 Å². The zero-order valence-corrected chi connectivity index (χ0v) is 8.69. The van der Waals surface area contributed by atoms with Crippen molar-refractivity contribution in [3.63, 3.8) is 0 Å². The zero-order chi connectivity index (χ0) is 10.1. The molecular weight excluding hydrogens is 210 g/mol. The van der Waals surface area contributed by atoms with Crippen molar-refractivity contribution in [1.29, 1.82) is 0 Å². The van der Waals surface area contributed by atoms with E-state index in [0.29, 0.717) is 0 Å². The van der Waals surface area contributed by atoms with Crippen LogP contribution in [0.25, 0.3) is 0 Å². The van der Waals surface area contributed by atoms with Gasteiger partial charge in [0.25, 0.3) is 0 Å². The third-order valence-corrected chi connectivity index (χ3v) is 3.84. The molecule has 0 unspecified atom stereocenters. The molecule has 0 atom stereocenters. The highest BCUT2D eigenvalue weighted by molar-refractivity contribution is 7.91. The molecule has 0 spiro atoms. The van der Waals surface area contributed by atoms with Gasteiger partial charge in [0, 0.05) is 0 Å². The van der Waals surface area contributed by atoms with Gasteiger partial charge in [0.15, 0.2) is 9.84 Å². The number of anilines is 1. The minimum Gasteiger partial charge on any atom is -0.396 e. The van der Waals surface area contributed by atoms with Crippen molar-refractivity contribution in [2.45, 2.75) is 11.8 Å². The van der Waals surface area contributed by atoms with Gasteiger partial charge in [-0.3, -0.25) is 0 Å². The van der Waals surface area contributed by atoms with Crippen molar-refractivity contribution in [3.8, 4) is 0 Å². The zero-order valence-electron chi connectivity index (χ0n) is 7.12. The van der Waals surface area contributed by atoms with E-state index in [2.05, 4.69) is 0 Å². The largest absolute Gasteiger partial charge is 0.396 e. The van der Waals surface area contributed by atoms with Crippen LogP contribution >= 0.6 is 11.6 Å². The minimum atomic E-state index is -3.26. The lowest BCUT2D eigenvalue weighted by Gasteiger charge is -2.05. The van der Waals surface area contributed by atoms with Crippen molar-refractivity contribution in [2.24, 2.45) is 0 Å². The average molecular weight is 220 g/mol. The highest BCUT2D eigenvalue weighted by atomic mass is 35.5. The van der Waals surface area contributed by atoms with Crippen LogP contribution in [0.4, 0.5) is 5.69 Å². The van der Waals surface area contributed by atoms with Crippen molar-refractivity contribution >= 4 is 27.1 Å². The average Bonchev–Trinajstić information content (AvgIpc) is 2.09. The van der Waals surface area contributed by atoms with Crippen LogP contribution in [0.5, 0.6) is 0 Å². The second-order valence-electron chi connectivity index (χ2n) is 2.56. The molecule has 0 heterocycles. The van der Waals surface area contributed by atoms with Gasteiger partial charge >= 0.3 is 0 Å². The first-order valence-electron chi connectivity index (χ1n) is 3.75. The highest BCUT2D eigenvalue weighted by Crippen LogP contribution is 2.26. The quantitative estimate of drug-likeness (QED) is 0.771. The SMILES string of the molecule is CCS(=O)(=O)c1cccc(Cl)c1N. The Bertz CT molecular complexity index is 414. The van der Waals surface area contributed by atoms with E-state index in [1.807, 2.05) is 0 Å². The Labute approximate surface area is 82.4 Å². The van der Waals surface area contributed by atoms with Crippen LogP contribution in [0.15, 0.2) is 23.1 Å². The van der Waals surface area contributed by atoms with Gasteiger partial charge in [-0.25, -0.2) is 8.42 Å². The topological polar surface area (TPSA) is 60.2 Å². The fourth-order valence-electron chi connectivity index (χ4n) is 0.944. The summed E-state index contributed by atoms with van der Waals surface area (Å²) in [5.74, 6) is 0.0253. The second kappa shape index (κ2) is 3.55. The molecule has 0 aromatic heterocycles. The van der Waals surface area contributed by atoms with Crippen molar-refractivity contribution in [2.75, 3.05) is 11.5 Å². The second-order valence-corrected chi connectivity index (χ2v) is 5.21. The van der Waals surface area contributed by atoms with Crippen LogP contribution in [0.3, 0.4) is 0 Å². The smallest absolute Gasteiger partial charge is 0.180 e. The van der Waals surface area contributed by atoms with E-state index in [-0.39, 0.29) is 21.4 Å². The Morgan fingerprint density at radius 2 is 2.08 bits per heavy atom. The van der Waals surface area contributed by atoms with Crippen molar-refractivity contribution in [1.82, 2.24) is 0 Å². The maximum atomic E-state index is 11.4. The molecule has 0 saturated heterocycles. The van der Waals surface area contributed by atoms with Gasteiger partial charge < -0.3 is 5.73 Å². The van der Waals surface area contributed by atoms with Crippen LogP contribution in [0, 0.1) is 0 Å². The van der Waals surface area contributed by atoms with Gasteiger partial charge in [0.2, 0.25) is 0 Å². The van der Waals surface area contributed by atoms with Gasteiger partial charge in [0.1, 0.15) is 0 Å². The summed E-state index contributed by atoms with van der Waals surface area (Å²) in [4.78, 5) is 0.113. The van der Waals surface area contributed by atoms with Crippen LogP contribution in [-0.2, 0) is 9.84 Å². The molecule has 0 fully saturated rings. The molecule has 0 saturated carbocycles. The monoisotopic (exact) mass is 219 g/mol. The van der Waals surface area contributed by atoms with E-state index >= 15 is 0 Å². The highest BCUT2D eigenvalue weighted by Gasteiger charge is 2.16. The van der Waals surface area contributed by atoms with E-state index in [0.717, 1.165) is 0 Å². The summed E-state index contributed by atoms with van der Waals surface area (Å²) in [6.45, 7) is 1.57. The fourth-order valence-corrected chi connectivity index (χ4v) is 2.22. The Balaban J connectivity index is 3.40. The molecule has 2 N–H and O–H groups in total. The Kier molecular flexibility index (Phi) is 2.83. The molecule has 0 amide bonds. The molecule has 0 aliphatic rings. The molecule has 5 heteroatoms. The van der Waals surface area contributed by atoms with Gasteiger partial charge in [-0.15, -0.1) is 0 Å². The molecule has 3 nitrogen and oxygen atoms in total. The van der Waals surface area contributed by atoms with Gasteiger partial charge in [-0.05, 0) is 12.1 Å². The van der Waals surface area contributed by atoms with Crippen LogP contribution in [0.1, 0.15) is 6.92 Å². The maximum Gasteiger partial charge on any atom is 0.180 e. The summed E-state index contributed by atoms with van der Waals surface area (Å²) in [6.07, 6.45) is 0. The number of nitrogens with two attached hydrogens (primary N) is 1. The van der Waals surface area contributed by atoms with Gasteiger partial charge in [0.05, 0.1) is 21.4 Å². The maximum absolute atomic E-state index is 11.4. The number of benzene rings is 1. The van der Waals surface area contributed by atoms with Crippen molar-refractivity contribution in [3.05, 3.63) is 23.2 Å². The molecule has 0 bridgehead atoms. The fraction of sp³-hybridized carbons (Fsp3) is 0.250. The summed E-state index contributed by atoms with van der Waals surface area (Å²) >= 11 is 5.69. The first-order chi connectivity index (χ1) is 5.99. The molecule has 1 aromatic carbocycles. The lowest BCUT2D eigenvalue weighted by Crippen LogP contribution is -2.07. The normalized spacial score (nSPS) is 11.5. The number of sulfone groups is 1. The molecule has 1 rings (SSSR count). The first kappa shape index (κ1) is 10.3. The standard InChI is InChI=1S/C8H10ClNO2S/c1-2-13(11,12)7-5-3-4-6(9)8(7)10/h3-5H,2,10H2,1H3. The lowest BCUT2D eigenvalue weighted by atomic mass is 10.3. The summed E-state index contributed by atoms with van der Waals surface area (Å²) < 4.78 is 22.9. The third kappa shape index (κ3) is 1.95. The molecule has 0 aliphatic carbocycles. The predicted octanol–water partition coefficient (Wildman–Crippen LogP) is 1.72. The van der Waals surface area contributed by atoms with Gasteiger partial charge in [-0.1, -0.05) is 24.6 Å². The van der Waals surface area contributed by atoms with Crippen LogP contribution < -0.4 is 5.73 Å². The molecule has 0 radical (unpaired) electrons. The molecule has 72 valence electrons. The van der Waals surface area contributed by atoms with E-state index in [9.17, 15) is 8.42 Å². The molecule has 0 aliphatic heterocycles.